The van der Waals surface area contributed by atoms with Crippen molar-refractivity contribution in [1.82, 2.24) is 0 Å². The van der Waals surface area contributed by atoms with Crippen molar-refractivity contribution in [1.29, 1.82) is 0 Å². The Morgan fingerprint density at radius 1 is 1.40 bits per heavy atom. The molecule has 0 aromatic heterocycles. The molecule has 0 saturated carbocycles. The molecule has 0 unspecified atom stereocenters. The van der Waals surface area contributed by atoms with Gasteiger partial charge in [0, 0.05) is 35.6 Å². The summed E-state index contributed by atoms with van der Waals surface area (Å²) in [5.41, 5.74) is 0. The van der Waals surface area contributed by atoms with Crippen LogP contribution in [0.1, 0.15) is 1.43 Å². The van der Waals surface area contributed by atoms with Crippen LogP contribution in [0.25, 0.3) is 0 Å². The Morgan fingerprint density at radius 2 is 1.40 bits per heavy atom. The van der Waals surface area contributed by atoms with Crippen LogP contribution in [-0.2, 0) is 27.5 Å². The van der Waals surface area contributed by atoms with E-state index in [1.54, 1.807) is 0 Å². The van der Waals surface area contributed by atoms with Crippen LogP contribution >= 0.6 is 0 Å². The van der Waals surface area contributed by atoms with Crippen LogP contribution in [0, 0.1) is 43.0 Å². The molecule has 0 N–H and O–H groups in total. The van der Waals surface area contributed by atoms with E-state index in [9.17, 15) is 0 Å². The fourth-order valence-electron chi connectivity index (χ4n) is 0. The van der Waals surface area contributed by atoms with Gasteiger partial charge in [0.1, 0.15) is 0 Å². The van der Waals surface area contributed by atoms with Crippen molar-refractivity contribution < 1.29 is 83.4 Å². The average Bonchev–Trinajstić information content (AvgIpc) is 1.00. The second kappa shape index (κ2) is 31.7. The van der Waals surface area contributed by atoms with E-state index < -0.39 is 0 Å². The van der Waals surface area contributed by atoms with Crippen molar-refractivity contribution in [3.05, 3.63) is 7.43 Å². The van der Waals surface area contributed by atoms with Crippen molar-refractivity contribution in [2.24, 2.45) is 0 Å². The van der Waals surface area contributed by atoms with Crippen molar-refractivity contribution in [3.8, 4) is 0 Å². The second-order valence-corrected chi connectivity index (χ2v) is 0. The van der Waals surface area contributed by atoms with Gasteiger partial charge in [0.15, 0.2) is 0 Å². The molecule has 1 nitrogen and oxygen atoms in total. The van der Waals surface area contributed by atoms with Crippen LogP contribution in [0.15, 0.2) is 0 Å². The molecular formula is CH4LaLiOZr-. The van der Waals surface area contributed by atoms with E-state index in [-0.39, 0.29) is 63.3 Å². The third kappa shape index (κ3) is 21.2. The quantitative estimate of drug-likeness (QED) is 0.349. The Labute approximate surface area is 89.2 Å². The molecule has 0 aliphatic heterocycles. The number of hydrogen-bond acceptors (Lipinski definition) is 1. The second-order valence-electron chi connectivity index (χ2n) is 0. The van der Waals surface area contributed by atoms with E-state index >= 15 is 0 Å². The van der Waals surface area contributed by atoms with Crippen LogP contribution in [0.4, 0.5) is 0 Å². The van der Waals surface area contributed by atoms with Crippen LogP contribution < -0.4 is 18.9 Å². The third-order valence-corrected chi connectivity index (χ3v) is 0. The Balaban J connectivity index is -0.000000000833. The molecule has 4 heteroatoms. The zero-order chi connectivity index (χ0) is 2.00. The minimum absolute atomic E-state index is 0. The number of hydrogen-bond donors (Lipinski definition) is 0. The molecule has 0 aliphatic rings. The van der Waals surface area contributed by atoms with Gasteiger partial charge in [-0.25, -0.2) is 0 Å². The van der Waals surface area contributed by atoms with Gasteiger partial charge in [-0.05, 0) is 0 Å². The van der Waals surface area contributed by atoms with Gasteiger partial charge in [-0.1, -0.05) is 0 Å². The standard InChI is InChI=1S/CH3.La.Li.O.Zr.H/h1H3;;;;;/q-1;;+1;;;-1. The van der Waals surface area contributed by atoms with Gasteiger partial charge in [-0.15, -0.1) is 0 Å². The molecule has 0 heterocycles. The summed E-state index contributed by atoms with van der Waals surface area (Å²) < 4.78 is 8.34. The number of rotatable bonds is 0. The van der Waals surface area contributed by atoms with Crippen molar-refractivity contribution in [2.45, 2.75) is 0 Å². The summed E-state index contributed by atoms with van der Waals surface area (Å²) in [6.07, 6.45) is 0. The fourth-order valence-corrected chi connectivity index (χ4v) is 0. The topological polar surface area (TPSA) is 17.1 Å². The van der Waals surface area contributed by atoms with Gasteiger partial charge < -0.3 is 8.85 Å². The Hall–Kier alpha value is 2.48. The molecule has 23 valence electrons. The predicted octanol–water partition coefficient (Wildman–Crippen LogP) is -2.55. The van der Waals surface area contributed by atoms with Gasteiger partial charge in [0.25, 0.3) is 0 Å². The van der Waals surface area contributed by atoms with E-state index in [0.29, 0.717) is 24.7 Å². The van der Waals surface area contributed by atoms with Gasteiger partial charge in [-0.2, -0.15) is 0 Å². The molecule has 0 aromatic carbocycles. The van der Waals surface area contributed by atoms with Crippen molar-refractivity contribution >= 4 is 0 Å². The van der Waals surface area contributed by atoms with Gasteiger partial charge in [-0.3, -0.25) is 0 Å². The molecule has 0 aromatic rings. The Kier molecular flexibility index (Phi) is 164. The van der Waals surface area contributed by atoms with E-state index in [1.807, 2.05) is 0 Å². The third-order valence-electron chi connectivity index (χ3n) is 0. The summed E-state index contributed by atoms with van der Waals surface area (Å²) in [5, 5.41) is 0. The van der Waals surface area contributed by atoms with Gasteiger partial charge in [0.2, 0.25) is 0 Å². The molecule has 0 saturated heterocycles. The van der Waals surface area contributed by atoms with E-state index in [0.717, 1.165) is 0 Å². The normalized spacial score (nSPS) is 0.600. The SMILES string of the molecule is [CH3-].[H-].[La].[Li+].[O]=[Zr]. The minimum atomic E-state index is 0. The van der Waals surface area contributed by atoms with Gasteiger partial charge >= 0.3 is 46.4 Å². The summed E-state index contributed by atoms with van der Waals surface area (Å²) in [5.74, 6) is 0. The molecular weight excluding hydrogens is 265 g/mol. The molecule has 0 rings (SSSR count). The summed E-state index contributed by atoms with van der Waals surface area (Å²) >= 11 is 0.300. The van der Waals surface area contributed by atoms with Crippen LogP contribution in [0.5, 0.6) is 0 Å². The van der Waals surface area contributed by atoms with Crippen LogP contribution in [-0.4, -0.2) is 0 Å². The molecule has 0 aliphatic carbocycles. The van der Waals surface area contributed by atoms with E-state index in [1.165, 1.54) is 0 Å². The summed E-state index contributed by atoms with van der Waals surface area (Å²) in [6.45, 7) is 0. The summed E-state index contributed by atoms with van der Waals surface area (Å²) in [7, 11) is 0. The maximum atomic E-state index is 8.34. The average molecular weight is 269 g/mol. The predicted molar refractivity (Wildman–Crippen MR) is 8.21 cm³/mol. The van der Waals surface area contributed by atoms with Crippen LogP contribution in [0.2, 0.25) is 0 Å². The van der Waals surface area contributed by atoms with E-state index in [2.05, 4.69) is 0 Å². The zero-order valence-electron chi connectivity index (χ0n) is 4.49. The molecule has 0 atom stereocenters. The fraction of sp³-hybridized carbons (Fsp3) is 0. The van der Waals surface area contributed by atoms with Crippen LogP contribution in [0.3, 0.4) is 0 Å². The first-order chi connectivity index (χ1) is 1.00. The molecule has 0 amide bonds. The first-order valence-corrected chi connectivity index (χ1v) is 1.21. The first-order valence-electron chi connectivity index (χ1n) is 0.204. The molecule has 0 fully saturated rings. The Morgan fingerprint density at radius 3 is 1.40 bits per heavy atom. The molecule has 0 spiro atoms. The monoisotopic (exact) mass is 268 g/mol. The Bertz CT molecular complexity index is 15.5. The maximum absolute atomic E-state index is 8.34. The van der Waals surface area contributed by atoms with Crippen molar-refractivity contribution in [2.75, 3.05) is 0 Å². The molecule has 5 heavy (non-hydrogen) atoms. The molecule has 1 radical (unpaired) electrons. The van der Waals surface area contributed by atoms with E-state index in [4.69, 9.17) is 2.81 Å². The summed E-state index contributed by atoms with van der Waals surface area (Å²) in [4.78, 5) is 0. The molecule has 0 bridgehead atoms. The van der Waals surface area contributed by atoms with Crippen molar-refractivity contribution in [3.63, 3.8) is 0 Å². The first kappa shape index (κ1) is 26.0. The van der Waals surface area contributed by atoms with Gasteiger partial charge in [0.05, 0.1) is 0 Å². The summed E-state index contributed by atoms with van der Waals surface area (Å²) in [6, 6.07) is 0. The zero-order valence-corrected chi connectivity index (χ0v) is 9.57.